The quantitative estimate of drug-likeness (QED) is 0.469. The number of carbonyl (C=O) groups is 2. The Bertz CT molecular complexity index is 1240. The van der Waals surface area contributed by atoms with E-state index >= 15 is 0 Å². The summed E-state index contributed by atoms with van der Waals surface area (Å²) >= 11 is 1.21. The highest BCUT2D eigenvalue weighted by Crippen LogP contribution is 2.37. The molecule has 4 aromatic rings. The van der Waals surface area contributed by atoms with E-state index < -0.39 is 5.97 Å². The number of thiazole rings is 1. The number of nitrogens with zero attached hydrogens (tertiary/aromatic N) is 2. The minimum absolute atomic E-state index is 0.0919. The van der Waals surface area contributed by atoms with Gasteiger partial charge in [0, 0.05) is 30.6 Å². The van der Waals surface area contributed by atoms with Gasteiger partial charge in [-0.2, -0.15) is 0 Å². The summed E-state index contributed by atoms with van der Waals surface area (Å²) in [4.78, 5) is 28.9. The molecule has 0 amide bonds. The van der Waals surface area contributed by atoms with Crippen LogP contribution in [0.25, 0.3) is 21.5 Å². The van der Waals surface area contributed by atoms with Crippen LogP contribution >= 0.6 is 11.3 Å². The molecular weight excluding hydrogens is 388 g/mol. The minimum Gasteiger partial charge on any atom is -0.497 e. The summed E-state index contributed by atoms with van der Waals surface area (Å²) in [6, 6.07) is 15.1. The molecule has 0 bridgehead atoms. The van der Waals surface area contributed by atoms with E-state index in [-0.39, 0.29) is 11.5 Å². The summed E-state index contributed by atoms with van der Waals surface area (Å²) in [7, 11) is 1.60. The Balaban J connectivity index is 1.95. The lowest BCUT2D eigenvalue weighted by atomic mass is 10.1. The number of methoxy groups -OCH3 is 1. The van der Waals surface area contributed by atoms with E-state index in [1.807, 2.05) is 48.5 Å². The summed E-state index contributed by atoms with van der Waals surface area (Å²) in [5, 5.41) is 11.4. The van der Waals surface area contributed by atoms with E-state index in [0.29, 0.717) is 27.7 Å². The van der Waals surface area contributed by atoms with Gasteiger partial charge in [-0.15, -0.1) is 11.3 Å². The molecule has 0 aliphatic rings. The van der Waals surface area contributed by atoms with Crippen LogP contribution in [0, 0.1) is 0 Å². The average molecular weight is 406 g/mol. The highest BCUT2D eigenvalue weighted by Gasteiger charge is 2.25. The van der Waals surface area contributed by atoms with E-state index in [2.05, 4.69) is 4.98 Å². The molecule has 0 atom stereocenters. The van der Waals surface area contributed by atoms with Gasteiger partial charge in [0.25, 0.3) is 0 Å². The molecule has 0 fully saturated rings. The number of fused-ring (bicyclic) bond motifs is 1. The average Bonchev–Trinajstić information content (AvgIpc) is 3.31. The zero-order chi connectivity index (χ0) is 20.5. The molecule has 146 valence electrons. The van der Waals surface area contributed by atoms with Gasteiger partial charge in [-0.3, -0.25) is 4.79 Å². The van der Waals surface area contributed by atoms with E-state index in [1.165, 1.54) is 24.5 Å². The molecule has 0 unspecified atom stereocenters. The summed E-state index contributed by atoms with van der Waals surface area (Å²) in [5.41, 5.74) is 2.40. The summed E-state index contributed by atoms with van der Waals surface area (Å²) in [6.07, 6.45) is 1.50. The number of carboxylic acids is 1. The zero-order valence-corrected chi connectivity index (χ0v) is 16.7. The van der Waals surface area contributed by atoms with Crippen molar-refractivity contribution in [2.45, 2.75) is 13.5 Å². The highest BCUT2D eigenvalue weighted by atomic mass is 32.1. The second kappa shape index (κ2) is 7.52. The lowest BCUT2D eigenvalue weighted by Gasteiger charge is -2.10. The normalized spacial score (nSPS) is 11.0. The van der Waals surface area contributed by atoms with Gasteiger partial charge in [0.2, 0.25) is 0 Å². The molecule has 0 radical (unpaired) electrons. The first-order valence-corrected chi connectivity index (χ1v) is 9.76. The Morgan fingerprint density at radius 1 is 1.17 bits per heavy atom. The SMILES string of the molecule is COc1cccc(Cn2c(C(=O)O)c(-c3ncc(C(C)=O)s3)c3ccccc32)c1. The number of hydrogen-bond acceptors (Lipinski definition) is 5. The van der Waals surface area contributed by atoms with Crippen LogP contribution in [0.3, 0.4) is 0 Å². The lowest BCUT2D eigenvalue weighted by Crippen LogP contribution is -2.10. The van der Waals surface area contributed by atoms with E-state index in [0.717, 1.165) is 16.5 Å². The van der Waals surface area contributed by atoms with Gasteiger partial charge < -0.3 is 14.4 Å². The molecule has 1 N–H and O–H groups in total. The Kier molecular flexibility index (Phi) is 4.90. The number of aromatic nitrogens is 2. The van der Waals surface area contributed by atoms with Gasteiger partial charge in [-0.1, -0.05) is 30.3 Å². The number of hydrogen-bond donors (Lipinski definition) is 1. The fourth-order valence-electron chi connectivity index (χ4n) is 3.41. The fourth-order valence-corrected chi connectivity index (χ4v) is 4.28. The maximum Gasteiger partial charge on any atom is 0.353 e. The molecule has 0 saturated carbocycles. The Morgan fingerprint density at radius 2 is 1.97 bits per heavy atom. The third kappa shape index (κ3) is 3.40. The molecule has 0 saturated heterocycles. The van der Waals surface area contributed by atoms with Crippen molar-refractivity contribution in [3.8, 4) is 16.3 Å². The van der Waals surface area contributed by atoms with E-state index in [1.54, 1.807) is 11.7 Å². The van der Waals surface area contributed by atoms with Crippen LogP contribution < -0.4 is 4.74 Å². The van der Waals surface area contributed by atoms with Gasteiger partial charge in [-0.05, 0) is 23.8 Å². The van der Waals surface area contributed by atoms with Gasteiger partial charge in [0.1, 0.15) is 16.5 Å². The number of Topliss-reactive ketones (excluding diaryl/α,β-unsaturated/α-hetero) is 1. The number of carbonyl (C=O) groups excluding carboxylic acids is 1. The second-order valence-corrected chi connectivity index (χ2v) is 7.60. The highest BCUT2D eigenvalue weighted by molar-refractivity contribution is 7.17. The topological polar surface area (TPSA) is 81.4 Å². The third-order valence-electron chi connectivity index (χ3n) is 4.71. The van der Waals surface area contributed by atoms with Crippen molar-refractivity contribution in [1.82, 2.24) is 9.55 Å². The monoisotopic (exact) mass is 406 g/mol. The molecule has 2 aromatic carbocycles. The first-order chi connectivity index (χ1) is 14.0. The van der Waals surface area contributed by atoms with Crippen molar-refractivity contribution in [2.75, 3.05) is 7.11 Å². The van der Waals surface area contributed by atoms with Crippen molar-refractivity contribution in [1.29, 1.82) is 0 Å². The summed E-state index contributed by atoms with van der Waals surface area (Å²) < 4.78 is 7.07. The fraction of sp³-hybridized carbons (Fsp3) is 0.136. The van der Waals surface area contributed by atoms with Gasteiger partial charge in [-0.25, -0.2) is 9.78 Å². The van der Waals surface area contributed by atoms with Gasteiger partial charge in [0.15, 0.2) is 5.78 Å². The maximum absolute atomic E-state index is 12.3. The predicted octanol–water partition coefficient (Wildman–Crippen LogP) is 4.72. The van der Waals surface area contributed by atoms with Crippen LogP contribution in [0.15, 0.2) is 54.7 Å². The molecule has 2 heterocycles. The van der Waals surface area contributed by atoms with Crippen LogP contribution in [0.5, 0.6) is 5.75 Å². The molecule has 0 aliphatic carbocycles. The van der Waals surface area contributed by atoms with E-state index in [9.17, 15) is 14.7 Å². The lowest BCUT2D eigenvalue weighted by molar-refractivity contribution is 0.0687. The molecule has 29 heavy (non-hydrogen) atoms. The first kappa shape index (κ1) is 18.9. The zero-order valence-electron chi connectivity index (χ0n) is 15.9. The van der Waals surface area contributed by atoms with Crippen molar-refractivity contribution < 1.29 is 19.4 Å². The first-order valence-electron chi connectivity index (χ1n) is 8.94. The number of para-hydroxylation sites is 1. The summed E-state index contributed by atoms with van der Waals surface area (Å²) in [5.74, 6) is -0.425. The van der Waals surface area contributed by atoms with Gasteiger partial charge in [0.05, 0.1) is 17.6 Å². The third-order valence-corrected chi connectivity index (χ3v) is 5.83. The molecule has 2 aromatic heterocycles. The van der Waals surface area contributed by atoms with Crippen molar-refractivity contribution in [3.63, 3.8) is 0 Å². The van der Waals surface area contributed by atoms with Crippen LogP contribution in [0.4, 0.5) is 0 Å². The number of ketones is 1. The maximum atomic E-state index is 12.3. The van der Waals surface area contributed by atoms with Crippen molar-refractivity contribution in [2.24, 2.45) is 0 Å². The molecule has 0 spiro atoms. The molecule has 4 rings (SSSR count). The number of aromatic carboxylic acids is 1. The van der Waals surface area contributed by atoms with E-state index in [4.69, 9.17) is 4.74 Å². The molecular formula is C22H18N2O4S. The smallest absolute Gasteiger partial charge is 0.353 e. The Morgan fingerprint density at radius 3 is 2.66 bits per heavy atom. The van der Waals surface area contributed by atoms with Crippen molar-refractivity contribution >= 4 is 34.0 Å². The number of carboxylic acid groups (broad SMARTS) is 1. The predicted molar refractivity (Wildman–Crippen MR) is 112 cm³/mol. The van der Waals surface area contributed by atoms with Gasteiger partial charge >= 0.3 is 5.97 Å². The Hall–Kier alpha value is -3.45. The minimum atomic E-state index is -1.04. The molecule has 6 nitrogen and oxygen atoms in total. The summed E-state index contributed by atoms with van der Waals surface area (Å²) in [6.45, 7) is 1.84. The second-order valence-electron chi connectivity index (χ2n) is 6.57. The van der Waals surface area contributed by atoms with Crippen molar-refractivity contribution in [3.05, 3.63) is 70.9 Å². The number of rotatable bonds is 6. The number of ether oxygens (including phenoxy) is 1. The van der Waals surface area contributed by atoms with Crippen LogP contribution in [0.2, 0.25) is 0 Å². The van der Waals surface area contributed by atoms with Crippen LogP contribution in [0.1, 0.15) is 32.6 Å². The Labute approximate surface area is 171 Å². The number of benzene rings is 2. The standard InChI is InChI=1S/C22H18N2O4S/c1-13(25)18-11-23-21(29-18)19-16-8-3-4-9-17(16)24(20(19)22(26)27)12-14-6-5-7-15(10-14)28-2/h3-11H,12H2,1-2H3,(H,26,27). The largest absolute Gasteiger partial charge is 0.497 e. The molecule has 7 heteroatoms. The molecule has 0 aliphatic heterocycles. The van der Waals surface area contributed by atoms with Crippen LogP contribution in [-0.4, -0.2) is 33.5 Å². The van der Waals surface area contributed by atoms with Crippen LogP contribution in [-0.2, 0) is 6.54 Å².